The van der Waals surface area contributed by atoms with Crippen LogP contribution in [0.3, 0.4) is 0 Å². The first kappa shape index (κ1) is 17.6. The second-order valence-electron chi connectivity index (χ2n) is 5.58. The topological polar surface area (TPSA) is 29.4 Å². The smallest absolute Gasteiger partial charge is 0.234 e. The Balaban J connectivity index is 3.08. The van der Waals surface area contributed by atoms with Crippen molar-refractivity contribution < 1.29 is 17.4 Å². The third-order valence-electron chi connectivity index (χ3n) is 2.51. The molecular formula is C15H18F3NOS. The third-order valence-corrected chi connectivity index (χ3v) is 3.92. The van der Waals surface area contributed by atoms with Gasteiger partial charge >= 0.3 is 6.18 Å². The van der Waals surface area contributed by atoms with Crippen LogP contribution in [0.2, 0.25) is 0 Å². The Morgan fingerprint density at radius 3 is 2.10 bits per heavy atom. The molecule has 0 N–H and O–H groups in total. The highest BCUT2D eigenvalue weighted by Crippen LogP contribution is 2.22. The molecule has 21 heavy (non-hydrogen) atoms. The summed E-state index contributed by atoms with van der Waals surface area (Å²) in [5.41, 5.74) is 0.501. The molecule has 0 spiro atoms. The van der Waals surface area contributed by atoms with E-state index in [9.17, 15) is 17.4 Å². The number of nitrogens with zero attached hydrogens (tertiary/aromatic N) is 1. The molecule has 0 aromatic heterocycles. The maximum atomic E-state index is 12.9. The highest BCUT2D eigenvalue weighted by molar-refractivity contribution is 7.85. The number of hydrogen-bond acceptors (Lipinski definition) is 1. The molecule has 116 valence electrons. The minimum atomic E-state index is -4.64. The van der Waals surface area contributed by atoms with Crippen LogP contribution in [-0.4, -0.2) is 20.8 Å². The average Bonchev–Trinajstić information content (AvgIpc) is 2.33. The molecular weight excluding hydrogens is 299 g/mol. The maximum absolute atomic E-state index is 12.9. The van der Waals surface area contributed by atoms with Gasteiger partial charge in [0, 0.05) is 0 Å². The lowest BCUT2D eigenvalue weighted by atomic mass is 10.1. The van der Waals surface area contributed by atoms with E-state index in [4.69, 9.17) is 0 Å². The Kier molecular flexibility index (Phi) is 5.50. The van der Waals surface area contributed by atoms with Crippen molar-refractivity contribution in [2.45, 2.75) is 38.6 Å². The molecule has 0 saturated carbocycles. The number of rotatable bonds is 3. The summed E-state index contributed by atoms with van der Waals surface area (Å²) in [4.78, 5) is 0. The van der Waals surface area contributed by atoms with Gasteiger partial charge in [-0.25, -0.2) is 4.21 Å². The van der Waals surface area contributed by atoms with Crippen LogP contribution in [-0.2, 0) is 11.0 Å². The molecule has 1 unspecified atom stereocenters. The first-order chi connectivity index (χ1) is 9.50. The predicted octanol–water partition coefficient (Wildman–Crippen LogP) is 4.47. The van der Waals surface area contributed by atoms with Crippen molar-refractivity contribution in [3.05, 3.63) is 41.5 Å². The Hall–Kier alpha value is -1.43. The van der Waals surface area contributed by atoms with Gasteiger partial charge in [0.2, 0.25) is 0 Å². The van der Waals surface area contributed by atoms with Crippen LogP contribution >= 0.6 is 0 Å². The molecule has 1 aromatic rings. The van der Waals surface area contributed by atoms with E-state index >= 15 is 0 Å². The number of hydrogen-bond donors (Lipinski definition) is 0. The summed E-state index contributed by atoms with van der Waals surface area (Å²) in [6, 6.07) is 7.02. The number of benzene rings is 1. The zero-order valence-electron chi connectivity index (χ0n) is 12.4. The first-order valence-corrected chi connectivity index (χ1v) is 7.43. The summed E-state index contributed by atoms with van der Waals surface area (Å²) in [7, 11) is -1.96. The standard InChI is InChI=1S/C15H18F3NOS/c1-11-5-7-12(8-6-11)9-10-13(15(16,17)18)19-21(20)14(2,3)4/h5-10H,1-4H3/b10-9+,19-13-. The molecule has 0 fully saturated rings. The Morgan fingerprint density at radius 1 is 1.14 bits per heavy atom. The molecule has 6 heteroatoms. The van der Waals surface area contributed by atoms with Crippen LogP contribution in [0.1, 0.15) is 31.9 Å². The lowest BCUT2D eigenvalue weighted by Crippen LogP contribution is -2.26. The molecule has 2 nitrogen and oxygen atoms in total. The van der Waals surface area contributed by atoms with E-state index < -0.39 is 27.6 Å². The molecule has 0 saturated heterocycles. The first-order valence-electron chi connectivity index (χ1n) is 6.33. The van der Waals surface area contributed by atoms with Crippen LogP contribution in [0.4, 0.5) is 13.2 Å². The summed E-state index contributed by atoms with van der Waals surface area (Å²) >= 11 is 0. The van der Waals surface area contributed by atoms with E-state index in [2.05, 4.69) is 4.40 Å². The van der Waals surface area contributed by atoms with Crippen LogP contribution in [0.5, 0.6) is 0 Å². The molecule has 1 aromatic carbocycles. The van der Waals surface area contributed by atoms with Crippen molar-refractivity contribution in [3.63, 3.8) is 0 Å². The zero-order valence-corrected chi connectivity index (χ0v) is 13.2. The van der Waals surface area contributed by atoms with E-state index in [1.807, 2.05) is 6.92 Å². The summed E-state index contributed by atoms with van der Waals surface area (Å²) in [5.74, 6) is 0. The lowest BCUT2D eigenvalue weighted by Gasteiger charge is -2.15. The quantitative estimate of drug-likeness (QED) is 0.756. The van der Waals surface area contributed by atoms with Crippen molar-refractivity contribution in [1.29, 1.82) is 0 Å². The van der Waals surface area contributed by atoms with Gasteiger partial charge in [0.05, 0.1) is 4.75 Å². The second-order valence-corrected chi connectivity index (χ2v) is 7.49. The fourth-order valence-corrected chi connectivity index (χ4v) is 1.87. The largest absolute Gasteiger partial charge is 0.434 e. The molecule has 0 aliphatic heterocycles. The van der Waals surface area contributed by atoms with E-state index in [0.29, 0.717) is 5.56 Å². The van der Waals surface area contributed by atoms with Gasteiger partial charge in [-0.1, -0.05) is 35.9 Å². The van der Waals surface area contributed by atoms with Crippen LogP contribution in [0.25, 0.3) is 6.08 Å². The van der Waals surface area contributed by atoms with Gasteiger partial charge in [-0.15, -0.1) is 0 Å². The summed E-state index contributed by atoms with van der Waals surface area (Å²) in [5, 5.41) is 0. The van der Waals surface area contributed by atoms with E-state index in [1.54, 1.807) is 45.0 Å². The van der Waals surface area contributed by atoms with Crippen molar-refractivity contribution >= 4 is 22.8 Å². The van der Waals surface area contributed by atoms with Gasteiger partial charge in [0.25, 0.3) is 0 Å². The van der Waals surface area contributed by atoms with Crippen LogP contribution < -0.4 is 0 Å². The molecule has 0 amide bonds. The monoisotopic (exact) mass is 317 g/mol. The molecule has 0 bridgehead atoms. The molecule has 0 heterocycles. The zero-order chi connectivity index (χ0) is 16.3. The van der Waals surface area contributed by atoms with Gasteiger partial charge in [0.15, 0.2) is 5.71 Å². The van der Waals surface area contributed by atoms with Crippen LogP contribution in [0, 0.1) is 6.92 Å². The molecule has 1 atom stereocenters. The molecule has 1 rings (SSSR count). The average molecular weight is 317 g/mol. The molecule has 0 aliphatic carbocycles. The molecule has 0 radical (unpaired) electrons. The third kappa shape index (κ3) is 5.83. The SMILES string of the molecule is Cc1ccc(/C=C/C(=N/S(=O)C(C)(C)C)C(F)(F)F)cc1. The second kappa shape index (κ2) is 6.56. The minimum Gasteiger partial charge on any atom is -0.234 e. The van der Waals surface area contributed by atoms with Gasteiger partial charge in [-0.05, 0) is 39.3 Å². The Morgan fingerprint density at radius 2 is 1.67 bits per heavy atom. The van der Waals surface area contributed by atoms with Crippen molar-refractivity contribution in [1.82, 2.24) is 0 Å². The van der Waals surface area contributed by atoms with Gasteiger partial charge in [-0.3, -0.25) is 0 Å². The summed E-state index contributed by atoms with van der Waals surface area (Å²) in [6.07, 6.45) is -2.47. The van der Waals surface area contributed by atoms with E-state index in [1.165, 1.54) is 6.08 Å². The fraction of sp³-hybridized carbons (Fsp3) is 0.400. The number of allylic oxidation sites excluding steroid dienone is 1. The number of aryl methyl sites for hydroxylation is 1. The van der Waals surface area contributed by atoms with Gasteiger partial charge in [0.1, 0.15) is 11.0 Å². The number of halogens is 3. The Labute approximate surface area is 125 Å². The molecule has 0 aliphatic rings. The highest BCUT2D eigenvalue weighted by Gasteiger charge is 2.35. The normalized spacial score (nSPS) is 15.5. The number of alkyl halides is 3. The fourth-order valence-electron chi connectivity index (χ4n) is 1.26. The summed E-state index contributed by atoms with van der Waals surface area (Å²) < 4.78 is 53.0. The van der Waals surface area contributed by atoms with Gasteiger partial charge in [-0.2, -0.15) is 17.6 Å². The van der Waals surface area contributed by atoms with Gasteiger partial charge < -0.3 is 0 Å². The van der Waals surface area contributed by atoms with Crippen molar-refractivity contribution in [3.8, 4) is 0 Å². The van der Waals surface area contributed by atoms with Crippen molar-refractivity contribution in [2.24, 2.45) is 4.40 Å². The predicted molar refractivity (Wildman–Crippen MR) is 81.6 cm³/mol. The van der Waals surface area contributed by atoms with Crippen LogP contribution in [0.15, 0.2) is 34.7 Å². The Bertz CT molecular complexity index is 566. The van der Waals surface area contributed by atoms with Crippen molar-refractivity contribution in [2.75, 3.05) is 0 Å². The lowest BCUT2D eigenvalue weighted by molar-refractivity contribution is -0.0574. The highest BCUT2D eigenvalue weighted by atomic mass is 32.2. The van der Waals surface area contributed by atoms with E-state index in [0.717, 1.165) is 11.6 Å². The maximum Gasteiger partial charge on any atom is 0.434 e. The minimum absolute atomic E-state index is 0.624. The van der Waals surface area contributed by atoms with E-state index in [-0.39, 0.29) is 0 Å². The summed E-state index contributed by atoms with van der Waals surface area (Å²) in [6.45, 7) is 6.61.